The third-order valence-electron chi connectivity index (χ3n) is 7.33. The van der Waals surface area contributed by atoms with E-state index in [0.717, 1.165) is 5.56 Å². The highest BCUT2D eigenvalue weighted by Gasteiger charge is 2.57. The van der Waals surface area contributed by atoms with Gasteiger partial charge in [-0.3, -0.25) is 19.5 Å². The van der Waals surface area contributed by atoms with Gasteiger partial charge in [0, 0.05) is 31.6 Å². The lowest BCUT2D eigenvalue weighted by molar-refractivity contribution is -0.168. The molecule has 3 aliphatic heterocycles. The van der Waals surface area contributed by atoms with Crippen molar-refractivity contribution in [2.75, 3.05) is 25.0 Å². The van der Waals surface area contributed by atoms with Crippen LogP contribution < -0.4 is 10.6 Å². The van der Waals surface area contributed by atoms with Gasteiger partial charge in [0.05, 0.1) is 6.33 Å². The maximum atomic E-state index is 13.7. The smallest absolute Gasteiger partial charge is 0.320 e. The molecule has 3 saturated heterocycles. The second-order valence-corrected chi connectivity index (χ2v) is 9.96. The van der Waals surface area contributed by atoms with E-state index >= 15 is 0 Å². The topological polar surface area (TPSA) is 170 Å². The van der Waals surface area contributed by atoms with Crippen LogP contribution in [0.4, 0.5) is 10.6 Å². The number of hydrogen-bond donors (Lipinski definition) is 3. The first-order valence-corrected chi connectivity index (χ1v) is 13.2. The first kappa shape index (κ1) is 26.1. The third-order valence-corrected chi connectivity index (χ3v) is 7.33. The molecular formula is C26H29N7O7. The molecule has 0 radical (unpaired) electrons. The Hall–Kier alpha value is -4.14. The maximum Gasteiger partial charge on any atom is 0.320 e. The summed E-state index contributed by atoms with van der Waals surface area (Å²) in [5, 5.41) is 14.5. The standard InChI is InChI=1S/C26H29N7O7/c1-2-27-26(37)31-21-17-22(29-12-28-21)33(13-30-17)24-20-18(39-25(40-20)15-6-4-3-5-7-15)19(38-24)23(36)32-9-8-14(11-32)10-16(34)35/h3-7,12-14,18-20,24-25H,2,8-11H2,1H3,(H,34,35)(H2,27,28,29,31,37)/t14-,18?,19?,20?,24?,25+/m1/s1. The molecule has 1 aromatic carbocycles. The number of urea groups is 1. The van der Waals surface area contributed by atoms with Gasteiger partial charge < -0.3 is 29.5 Å². The molecule has 40 heavy (non-hydrogen) atoms. The van der Waals surface area contributed by atoms with E-state index < -0.39 is 42.8 Å². The van der Waals surface area contributed by atoms with Crippen LogP contribution in [0, 0.1) is 5.92 Å². The van der Waals surface area contributed by atoms with E-state index in [1.165, 1.54) is 12.7 Å². The number of nitrogens with zero attached hydrogens (tertiary/aromatic N) is 5. The number of likely N-dealkylation sites (tertiary alicyclic amines) is 1. The molecular weight excluding hydrogens is 522 g/mol. The highest BCUT2D eigenvalue weighted by Crippen LogP contribution is 2.45. The number of amides is 3. The van der Waals surface area contributed by atoms with E-state index in [1.54, 1.807) is 16.4 Å². The highest BCUT2D eigenvalue weighted by molar-refractivity contribution is 5.95. The predicted molar refractivity (Wildman–Crippen MR) is 138 cm³/mol. The Kier molecular flexibility index (Phi) is 7.04. The van der Waals surface area contributed by atoms with Crippen molar-refractivity contribution in [2.24, 2.45) is 5.92 Å². The maximum absolute atomic E-state index is 13.7. The number of imidazole rings is 1. The fourth-order valence-corrected chi connectivity index (χ4v) is 5.51. The number of carbonyl (C=O) groups excluding carboxylic acids is 2. The third kappa shape index (κ3) is 4.85. The van der Waals surface area contributed by atoms with Gasteiger partial charge in [0.1, 0.15) is 18.5 Å². The van der Waals surface area contributed by atoms with Gasteiger partial charge in [0.25, 0.3) is 5.91 Å². The molecule has 0 aliphatic carbocycles. The molecule has 3 aliphatic rings. The van der Waals surface area contributed by atoms with Gasteiger partial charge in [-0.25, -0.2) is 19.7 Å². The average molecular weight is 552 g/mol. The second kappa shape index (κ2) is 10.8. The summed E-state index contributed by atoms with van der Waals surface area (Å²) in [5.41, 5.74) is 1.53. The molecule has 3 N–H and O–H groups in total. The number of anilines is 1. The van der Waals surface area contributed by atoms with E-state index in [1.807, 2.05) is 30.3 Å². The first-order chi connectivity index (χ1) is 19.4. The Morgan fingerprint density at radius 3 is 2.65 bits per heavy atom. The van der Waals surface area contributed by atoms with Crippen molar-refractivity contribution in [3.8, 4) is 0 Å². The number of fused-ring (bicyclic) bond motifs is 2. The van der Waals surface area contributed by atoms with Crippen molar-refractivity contribution in [3.63, 3.8) is 0 Å². The molecule has 14 heteroatoms. The Labute approximate surface area is 228 Å². The van der Waals surface area contributed by atoms with Crippen LogP contribution in [0.3, 0.4) is 0 Å². The van der Waals surface area contributed by atoms with E-state index in [2.05, 4.69) is 25.6 Å². The molecule has 3 fully saturated rings. The molecule has 5 heterocycles. The van der Waals surface area contributed by atoms with Gasteiger partial charge in [0.15, 0.2) is 35.6 Å². The van der Waals surface area contributed by atoms with Gasteiger partial charge >= 0.3 is 12.0 Å². The van der Waals surface area contributed by atoms with Crippen LogP contribution in [0.5, 0.6) is 0 Å². The molecule has 0 bridgehead atoms. The van der Waals surface area contributed by atoms with Crippen molar-refractivity contribution >= 4 is 34.9 Å². The minimum Gasteiger partial charge on any atom is -0.481 e. The van der Waals surface area contributed by atoms with Gasteiger partial charge in [-0.2, -0.15) is 0 Å². The zero-order valence-corrected chi connectivity index (χ0v) is 21.7. The van der Waals surface area contributed by atoms with Gasteiger partial charge in [-0.1, -0.05) is 30.3 Å². The SMILES string of the molecule is CCNC(=O)Nc1ncnc2c1ncn2C1OC(C(=O)N2CC[C@H](CC(=O)O)C2)C2O[C@H](c3ccccc3)OC21. The predicted octanol–water partition coefficient (Wildman–Crippen LogP) is 1.67. The largest absolute Gasteiger partial charge is 0.481 e. The first-order valence-electron chi connectivity index (χ1n) is 13.2. The summed E-state index contributed by atoms with van der Waals surface area (Å²) < 4.78 is 20.6. The molecule has 2 aromatic heterocycles. The van der Waals surface area contributed by atoms with E-state index in [0.29, 0.717) is 37.2 Å². The zero-order valence-electron chi connectivity index (χ0n) is 21.7. The summed E-state index contributed by atoms with van der Waals surface area (Å²) in [4.78, 5) is 51.6. The summed E-state index contributed by atoms with van der Waals surface area (Å²) in [6.45, 7) is 3.02. The fourth-order valence-electron chi connectivity index (χ4n) is 5.51. The number of hydrogen-bond acceptors (Lipinski definition) is 9. The molecule has 0 spiro atoms. The summed E-state index contributed by atoms with van der Waals surface area (Å²) in [5.74, 6) is -1.05. The normalized spacial score (nSPS) is 27.6. The number of ether oxygens (including phenoxy) is 3. The van der Waals surface area contributed by atoms with Gasteiger partial charge in [-0.15, -0.1) is 0 Å². The van der Waals surface area contributed by atoms with Crippen molar-refractivity contribution in [1.29, 1.82) is 0 Å². The second-order valence-electron chi connectivity index (χ2n) is 9.96. The molecule has 14 nitrogen and oxygen atoms in total. The Bertz CT molecular complexity index is 1420. The van der Waals surface area contributed by atoms with Crippen molar-refractivity contribution in [3.05, 3.63) is 48.5 Å². The number of rotatable bonds is 7. The van der Waals surface area contributed by atoms with E-state index in [-0.39, 0.29) is 24.1 Å². The number of benzene rings is 1. The van der Waals surface area contributed by atoms with E-state index in [9.17, 15) is 19.5 Å². The van der Waals surface area contributed by atoms with Crippen LogP contribution in [0.1, 0.15) is 37.8 Å². The minimum atomic E-state index is -0.987. The Balaban J connectivity index is 1.30. The Morgan fingerprint density at radius 2 is 1.88 bits per heavy atom. The quantitative estimate of drug-likeness (QED) is 0.392. The lowest BCUT2D eigenvalue weighted by atomic mass is 10.1. The molecule has 4 unspecified atom stereocenters. The summed E-state index contributed by atoms with van der Waals surface area (Å²) in [6, 6.07) is 8.99. The minimum absolute atomic E-state index is 0.00700. The lowest BCUT2D eigenvalue weighted by Gasteiger charge is -2.24. The number of aromatic nitrogens is 4. The molecule has 6 atom stereocenters. The molecule has 210 valence electrons. The van der Waals surface area contributed by atoms with Crippen LogP contribution in [0.25, 0.3) is 11.2 Å². The summed E-state index contributed by atoms with van der Waals surface area (Å²) >= 11 is 0. The van der Waals surface area contributed by atoms with Crippen LogP contribution in [-0.4, -0.2) is 85.4 Å². The molecule has 3 aromatic rings. The van der Waals surface area contributed by atoms with Gasteiger partial charge in [-0.05, 0) is 19.3 Å². The number of carboxylic acids is 1. The van der Waals surface area contributed by atoms with Crippen LogP contribution in [0.2, 0.25) is 0 Å². The number of aliphatic carboxylic acids is 1. The highest BCUT2D eigenvalue weighted by atomic mass is 16.8. The number of carboxylic acid groups (broad SMARTS) is 1. The molecule has 3 amide bonds. The Morgan fingerprint density at radius 1 is 1.07 bits per heavy atom. The monoisotopic (exact) mass is 551 g/mol. The average Bonchev–Trinajstić information content (AvgIpc) is 3.72. The summed E-state index contributed by atoms with van der Waals surface area (Å²) in [6.07, 6.45) is -0.490. The summed E-state index contributed by atoms with van der Waals surface area (Å²) in [7, 11) is 0. The number of carbonyl (C=O) groups is 3. The number of nitrogens with one attached hydrogen (secondary N) is 2. The van der Waals surface area contributed by atoms with E-state index in [4.69, 9.17) is 14.2 Å². The fraction of sp³-hybridized carbons (Fsp3) is 0.462. The van der Waals surface area contributed by atoms with Crippen molar-refractivity contribution < 1.29 is 33.7 Å². The molecule has 0 saturated carbocycles. The molecule has 6 rings (SSSR count). The lowest BCUT2D eigenvalue weighted by Crippen LogP contribution is -2.44. The van der Waals surface area contributed by atoms with Gasteiger partial charge in [0.2, 0.25) is 0 Å². The zero-order chi connectivity index (χ0) is 27.8. The van der Waals surface area contributed by atoms with Crippen LogP contribution >= 0.6 is 0 Å². The van der Waals surface area contributed by atoms with Crippen LogP contribution in [-0.2, 0) is 23.8 Å². The van der Waals surface area contributed by atoms with Crippen molar-refractivity contribution in [2.45, 2.75) is 50.6 Å². The van der Waals surface area contributed by atoms with Crippen molar-refractivity contribution in [1.82, 2.24) is 29.7 Å². The van der Waals surface area contributed by atoms with Crippen LogP contribution in [0.15, 0.2) is 43.0 Å².